The molecule has 1 aromatic heterocycles. The molecule has 0 amide bonds. The number of nitrogens with one attached hydrogen (secondary N) is 1. The normalized spacial score (nSPS) is 12.9. The van der Waals surface area contributed by atoms with Crippen LogP contribution < -0.4 is 5.32 Å². The molecule has 1 aromatic rings. The van der Waals surface area contributed by atoms with Gasteiger partial charge in [-0.15, -0.1) is 11.3 Å². The molecule has 1 unspecified atom stereocenters. The molecule has 0 aliphatic rings. The Morgan fingerprint density at radius 1 is 1.44 bits per heavy atom. The fraction of sp³-hybridized carbons (Fsp3) is 0.727. The largest absolute Gasteiger partial charge is 0.382 e. The van der Waals surface area contributed by atoms with Crippen LogP contribution in [0, 0.1) is 6.92 Å². The van der Waals surface area contributed by atoms with E-state index in [9.17, 15) is 0 Å². The molecule has 5 heteroatoms. The fourth-order valence-electron chi connectivity index (χ4n) is 1.41. The maximum atomic E-state index is 5.37. The molecule has 0 aromatic carbocycles. The van der Waals surface area contributed by atoms with Crippen molar-refractivity contribution in [3.63, 3.8) is 0 Å². The lowest BCUT2D eigenvalue weighted by Gasteiger charge is -2.12. The summed E-state index contributed by atoms with van der Waals surface area (Å²) in [5, 5.41) is 3.41. The molecule has 0 fully saturated rings. The van der Waals surface area contributed by atoms with Crippen LogP contribution >= 0.6 is 11.3 Å². The van der Waals surface area contributed by atoms with Crippen molar-refractivity contribution < 1.29 is 9.47 Å². The van der Waals surface area contributed by atoms with Crippen LogP contribution in [0.4, 0.5) is 0 Å². The highest BCUT2D eigenvalue weighted by atomic mass is 32.1. The molecule has 1 atom stereocenters. The summed E-state index contributed by atoms with van der Waals surface area (Å²) in [6.45, 7) is 7.07. The number of aromatic nitrogens is 1. The van der Waals surface area contributed by atoms with Crippen LogP contribution in [0.2, 0.25) is 0 Å². The van der Waals surface area contributed by atoms with Crippen LogP contribution in [0.1, 0.15) is 23.5 Å². The number of nitrogens with zero attached hydrogens (tertiary/aromatic N) is 1. The molecule has 0 aliphatic heterocycles. The second-order valence-corrected chi connectivity index (χ2v) is 4.47. The molecule has 1 heterocycles. The summed E-state index contributed by atoms with van der Waals surface area (Å²) in [7, 11) is 1.68. The van der Waals surface area contributed by atoms with Gasteiger partial charge in [0.25, 0.3) is 0 Å². The maximum Gasteiger partial charge on any atom is 0.0798 e. The topological polar surface area (TPSA) is 43.4 Å². The van der Waals surface area contributed by atoms with Crippen molar-refractivity contribution in [2.45, 2.75) is 19.9 Å². The molecular weight excluding hydrogens is 224 g/mol. The predicted molar refractivity (Wildman–Crippen MR) is 66.0 cm³/mol. The number of hydrogen-bond acceptors (Lipinski definition) is 5. The van der Waals surface area contributed by atoms with Crippen molar-refractivity contribution in [1.29, 1.82) is 0 Å². The highest BCUT2D eigenvalue weighted by Crippen LogP contribution is 2.20. The number of rotatable bonds is 8. The minimum atomic E-state index is 0.346. The van der Waals surface area contributed by atoms with Gasteiger partial charge >= 0.3 is 0 Å². The van der Waals surface area contributed by atoms with Crippen LogP contribution in [0.3, 0.4) is 0 Å². The number of ether oxygens (including phenoxy) is 2. The van der Waals surface area contributed by atoms with Gasteiger partial charge in [0.05, 0.1) is 31.0 Å². The lowest BCUT2D eigenvalue weighted by molar-refractivity contribution is 0.0712. The van der Waals surface area contributed by atoms with E-state index >= 15 is 0 Å². The second kappa shape index (κ2) is 7.73. The van der Waals surface area contributed by atoms with E-state index in [1.807, 2.05) is 12.4 Å². The number of methoxy groups -OCH3 is 1. The highest BCUT2D eigenvalue weighted by molar-refractivity contribution is 7.09. The van der Waals surface area contributed by atoms with Gasteiger partial charge in [0.1, 0.15) is 0 Å². The molecule has 1 rings (SSSR count). The van der Waals surface area contributed by atoms with Gasteiger partial charge in [-0.3, -0.25) is 0 Å². The van der Waals surface area contributed by atoms with Gasteiger partial charge in [-0.1, -0.05) is 0 Å². The quantitative estimate of drug-likeness (QED) is 0.708. The van der Waals surface area contributed by atoms with Gasteiger partial charge in [0.15, 0.2) is 0 Å². The lowest BCUT2D eigenvalue weighted by Crippen LogP contribution is -2.23. The zero-order valence-electron chi connectivity index (χ0n) is 10.2. The Hall–Kier alpha value is -0.490. The van der Waals surface area contributed by atoms with Crippen LogP contribution in [0.15, 0.2) is 5.51 Å². The molecule has 16 heavy (non-hydrogen) atoms. The molecule has 0 spiro atoms. The van der Waals surface area contributed by atoms with Crippen LogP contribution in [-0.4, -0.2) is 38.5 Å². The summed E-state index contributed by atoms with van der Waals surface area (Å²) in [5.74, 6) is 0. The van der Waals surface area contributed by atoms with Crippen molar-refractivity contribution >= 4 is 11.3 Å². The fourth-order valence-corrected chi connectivity index (χ4v) is 2.25. The summed E-state index contributed by atoms with van der Waals surface area (Å²) < 4.78 is 10.3. The minimum absolute atomic E-state index is 0.346. The molecular formula is C11H20N2O2S. The van der Waals surface area contributed by atoms with Gasteiger partial charge in [0, 0.05) is 24.6 Å². The second-order valence-electron chi connectivity index (χ2n) is 3.58. The van der Waals surface area contributed by atoms with E-state index in [0.717, 1.165) is 12.2 Å². The Balaban J connectivity index is 2.11. The lowest BCUT2D eigenvalue weighted by atomic mass is 10.2. The van der Waals surface area contributed by atoms with E-state index in [2.05, 4.69) is 17.2 Å². The molecule has 0 saturated carbocycles. The van der Waals surface area contributed by atoms with E-state index in [-0.39, 0.29) is 0 Å². The zero-order valence-corrected chi connectivity index (χ0v) is 11.0. The first-order valence-corrected chi connectivity index (χ1v) is 6.33. The first kappa shape index (κ1) is 13.6. The van der Waals surface area contributed by atoms with Crippen molar-refractivity contribution in [2.75, 3.05) is 33.5 Å². The summed E-state index contributed by atoms with van der Waals surface area (Å²) in [6.07, 6.45) is 0. The molecule has 0 bridgehead atoms. The third-order valence-electron chi connectivity index (χ3n) is 2.30. The van der Waals surface area contributed by atoms with E-state index in [1.54, 1.807) is 18.4 Å². The van der Waals surface area contributed by atoms with E-state index in [0.29, 0.717) is 25.9 Å². The van der Waals surface area contributed by atoms with E-state index < -0.39 is 0 Å². The Labute approximate surface area is 101 Å². The van der Waals surface area contributed by atoms with Crippen molar-refractivity contribution in [3.8, 4) is 0 Å². The first-order valence-electron chi connectivity index (χ1n) is 5.45. The molecule has 4 nitrogen and oxygen atoms in total. The Kier molecular flexibility index (Phi) is 6.56. The summed E-state index contributed by atoms with van der Waals surface area (Å²) >= 11 is 1.70. The number of thiazole rings is 1. The van der Waals surface area contributed by atoms with Crippen LogP contribution in [-0.2, 0) is 9.47 Å². The average molecular weight is 244 g/mol. The number of aryl methyl sites for hydroxylation is 1. The summed E-state index contributed by atoms with van der Waals surface area (Å²) in [4.78, 5) is 5.54. The minimum Gasteiger partial charge on any atom is -0.382 e. The third-order valence-corrected chi connectivity index (χ3v) is 3.42. The van der Waals surface area contributed by atoms with Gasteiger partial charge in [-0.2, -0.15) is 0 Å². The van der Waals surface area contributed by atoms with Crippen molar-refractivity contribution in [1.82, 2.24) is 10.3 Å². The van der Waals surface area contributed by atoms with Gasteiger partial charge in [-0.05, 0) is 13.8 Å². The Bertz CT molecular complexity index is 291. The first-order chi connectivity index (χ1) is 7.75. The number of hydrogen-bond donors (Lipinski definition) is 1. The average Bonchev–Trinajstić information content (AvgIpc) is 2.69. The van der Waals surface area contributed by atoms with Crippen LogP contribution in [0.25, 0.3) is 0 Å². The SMILES string of the molecule is COCCOCCNC(C)c1scnc1C. The van der Waals surface area contributed by atoms with Crippen molar-refractivity contribution in [3.05, 3.63) is 16.1 Å². The molecule has 92 valence electrons. The van der Waals surface area contributed by atoms with Crippen molar-refractivity contribution in [2.24, 2.45) is 0 Å². The van der Waals surface area contributed by atoms with Gasteiger partial charge < -0.3 is 14.8 Å². The van der Waals surface area contributed by atoms with Crippen LogP contribution in [0.5, 0.6) is 0 Å². The molecule has 1 N–H and O–H groups in total. The highest BCUT2D eigenvalue weighted by Gasteiger charge is 2.09. The zero-order chi connectivity index (χ0) is 11.8. The Morgan fingerprint density at radius 2 is 2.25 bits per heavy atom. The molecule has 0 radical (unpaired) electrons. The third kappa shape index (κ3) is 4.57. The monoisotopic (exact) mass is 244 g/mol. The molecule has 0 saturated heterocycles. The van der Waals surface area contributed by atoms with E-state index in [4.69, 9.17) is 9.47 Å². The summed E-state index contributed by atoms with van der Waals surface area (Å²) in [6, 6.07) is 0.346. The standard InChI is InChI=1S/C11H20N2O2S/c1-9(11-10(2)13-8-16-11)12-4-5-15-7-6-14-3/h8-9,12H,4-7H2,1-3H3. The Morgan fingerprint density at radius 3 is 2.88 bits per heavy atom. The molecule has 0 aliphatic carbocycles. The smallest absolute Gasteiger partial charge is 0.0798 e. The maximum absolute atomic E-state index is 5.37. The predicted octanol–water partition coefficient (Wildman–Crippen LogP) is 1.77. The van der Waals surface area contributed by atoms with Gasteiger partial charge in [0.2, 0.25) is 0 Å². The van der Waals surface area contributed by atoms with Gasteiger partial charge in [-0.25, -0.2) is 4.98 Å². The summed E-state index contributed by atoms with van der Waals surface area (Å²) in [5.41, 5.74) is 3.00. The van der Waals surface area contributed by atoms with E-state index in [1.165, 1.54) is 4.88 Å².